The number of hydrogen-bond donors (Lipinski definition) is 0. The molecule has 3 nitrogen and oxygen atoms in total. The molecule has 2 aromatic carbocycles. The molecular formula is C17H13ClN2OS. The monoisotopic (exact) mass is 328 g/mol. The van der Waals surface area contributed by atoms with Crippen LogP contribution in [-0.2, 0) is 0 Å². The van der Waals surface area contributed by atoms with Gasteiger partial charge in [0.05, 0.1) is 11.4 Å². The van der Waals surface area contributed by atoms with Crippen LogP contribution in [0.15, 0.2) is 60.0 Å². The van der Waals surface area contributed by atoms with Crippen LogP contribution >= 0.6 is 22.9 Å². The number of amides is 1. The Kier molecular flexibility index (Phi) is 4.22. The zero-order valence-electron chi connectivity index (χ0n) is 11.9. The summed E-state index contributed by atoms with van der Waals surface area (Å²) in [5.74, 6) is -0.128. The van der Waals surface area contributed by atoms with Crippen molar-refractivity contribution in [1.29, 1.82) is 0 Å². The Morgan fingerprint density at radius 2 is 1.77 bits per heavy atom. The van der Waals surface area contributed by atoms with Gasteiger partial charge in [-0.2, -0.15) is 0 Å². The highest BCUT2D eigenvalue weighted by Crippen LogP contribution is 2.30. The maximum absolute atomic E-state index is 12.9. The van der Waals surface area contributed by atoms with Crippen molar-refractivity contribution in [3.8, 4) is 0 Å². The molecule has 3 aromatic rings. The number of hydrogen-bond acceptors (Lipinski definition) is 3. The molecule has 0 unspecified atom stereocenters. The molecule has 0 saturated heterocycles. The Hall–Kier alpha value is -2.17. The Morgan fingerprint density at radius 3 is 2.36 bits per heavy atom. The third-order valence-corrected chi connectivity index (χ3v) is 4.30. The first-order chi connectivity index (χ1) is 10.6. The molecule has 0 aliphatic carbocycles. The molecule has 0 saturated carbocycles. The van der Waals surface area contributed by atoms with Crippen LogP contribution in [0.3, 0.4) is 0 Å². The lowest BCUT2D eigenvalue weighted by molar-refractivity contribution is 0.0999. The molecule has 0 radical (unpaired) electrons. The molecule has 110 valence electrons. The summed E-state index contributed by atoms with van der Waals surface area (Å²) < 4.78 is 0. The van der Waals surface area contributed by atoms with E-state index in [1.54, 1.807) is 29.2 Å². The summed E-state index contributed by atoms with van der Waals surface area (Å²) in [5.41, 5.74) is 2.25. The van der Waals surface area contributed by atoms with Crippen LogP contribution in [0.5, 0.6) is 0 Å². The van der Waals surface area contributed by atoms with Crippen molar-refractivity contribution < 1.29 is 4.79 Å². The van der Waals surface area contributed by atoms with Gasteiger partial charge in [-0.25, -0.2) is 4.98 Å². The molecule has 0 atom stereocenters. The first-order valence-corrected chi connectivity index (χ1v) is 7.98. The fourth-order valence-electron chi connectivity index (χ4n) is 2.06. The summed E-state index contributed by atoms with van der Waals surface area (Å²) in [6, 6.07) is 16.4. The molecule has 0 aliphatic rings. The number of carbonyl (C=O) groups is 1. The minimum Gasteiger partial charge on any atom is -0.268 e. The molecule has 0 spiro atoms. The van der Waals surface area contributed by atoms with Gasteiger partial charge >= 0.3 is 0 Å². The number of anilines is 2. The third kappa shape index (κ3) is 3.03. The number of aromatic nitrogens is 1. The summed E-state index contributed by atoms with van der Waals surface area (Å²) in [6.07, 6.45) is 0. The van der Waals surface area contributed by atoms with Crippen molar-refractivity contribution in [3.63, 3.8) is 0 Å². The fourth-order valence-corrected chi connectivity index (χ4v) is 3.00. The van der Waals surface area contributed by atoms with Crippen LogP contribution in [0, 0.1) is 6.92 Å². The van der Waals surface area contributed by atoms with Crippen LogP contribution < -0.4 is 4.90 Å². The predicted molar refractivity (Wildman–Crippen MR) is 91.2 cm³/mol. The summed E-state index contributed by atoms with van der Waals surface area (Å²) in [7, 11) is 0. The zero-order valence-corrected chi connectivity index (χ0v) is 13.4. The summed E-state index contributed by atoms with van der Waals surface area (Å²) in [4.78, 5) is 19.0. The van der Waals surface area contributed by atoms with Crippen molar-refractivity contribution in [2.75, 3.05) is 4.90 Å². The normalized spacial score (nSPS) is 10.5. The van der Waals surface area contributed by atoms with E-state index in [9.17, 15) is 4.79 Å². The molecule has 5 heteroatoms. The molecular weight excluding hydrogens is 316 g/mol. The molecule has 1 heterocycles. The topological polar surface area (TPSA) is 33.2 Å². The highest BCUT2D eigenvalue weighted by Gasteiger charge is 2.22. The van der Waals surface area contributed by atoms with Gasteiger partial charge < -0.3 is 0 Å². The molecule has 0 N–H and O–H groups in total. The maximum Gasteiger partial charge on any atom is 0.264 e. The first kappa shape index (κ1) is 14.8. The van der Waals surface area contributed by atoms with E-state index in [0.29, 0.717) is 15.7 Å². The smallest absolute Gasteiger partial charge is 0.264 e. The number of nitrogens with zero attached hydrogens (tertiary/aromatic N) is 2. The van der Waals surface area contributed by atoms with Crippen molar-refractivity contribution in [3.05, 3.63) is 76.3 Å². The zero-order chi connectivity index (χ0) is 15.5. The second-order valence-corrected chi connectivity index (χ2v) is 6.03. The van der Waals surface area contributed by atoms with Crippen molar-refractivity contribution in [2.24, 2.45) is 0 Å². The van der Waals surface area contributed by atoms with Crippen LogP contribution in [0.1, 0.15) is 16.1 Å². The number of para-hydroxylation sites is 1. The van der Waals surface area contributed by atoms with E-state index in [-0.39, 0.29) is 5.91 Å². The first-order valence-electron chi connectivity index (χ1n) is 6.72. The Balaban J connectivity index is 2.05. The maximum atomic E-state index is 12.9. The summed E-state index contributed by atoms with van der Waals surface area (Å²) >= 11 is 7.34. The van der Waals surface area contributed by atoms with Gasteiger partial charge in [0.1, 0.15) is 0 Å². The predicted octanol–water partition coefficient (Wildman–Crippen LogP) is 5.08. The SMILES string of the molecule is Cc1csc(N(C(=O)c2ccc(Cl)cc2)c2ccccc2)n1. The highest BCUT2D eigenvalue weighted by atomic mass is 35.5. The van der Waals surface area contributed by atoms with Crippen molar-refractivity contribution in [2.45, 2.75) is 6.92 Å². The van der Waals surface area contributed by atoms with Gasteiger partial charge in [-0.3, -0.25) is 9.69 Å². The Morgan fingerprint density at radius 1 is 1.09 bits per heavy atom. The number of halogens is 1. The number of benzene rings is 2. The van der Waals surface area contributed by atoms with E-state index in [1.807, 2.05) is 42.6 Å². The lowest BCUT2D eigenvalue weighted by atomic mass is 10.2. The minimum absolute atomic E-state index is 0.128. The second-order valence-electron chi connectivity index (χ2n) is 4.75. The van der Waals surface area contributed by atoms with E-state index in [4.69, 9.17) is 11.6 Å². The van der Waals surface area contributed by atoms with Gasteiger partial charge in [-0.05, 0) is 43.3 Å². The van der Waals surface area contributed by atoms with E-state index in [2.05, 4.69) is 4.98 Å². The van der Waals surface area contributed by atoms with Crippen molar-refractivity contribution in [1.82, 2.24) is 4.98 Å². The lowest BCUT2D eigenvalue weighted by Gasteiger charge is -2.20. The van der Waals surface area contributed by atoms with Crippen molar-refractivity contribution >= 4 is 39.7 Å². The van der Waals surface area contributed by atoms with Gasteiger partial charge in [0.25, 0.3) is 5.91 Å². The Bertz CT molecular complexity index is 784. The molecule has 22 heavy (non-hydrogen) atoms. The number of rotatable bonds is 3. The number of carbonyl (C=O) groups excluding carboxylic acids is 1. The van der Waals surface area contributed by atoms with Gasteiger partial charge in [-0.15, -0.1) is 11.3 Å². The average Bonchev–Trinajstić information content (AvgIpc) is 2.95. The molecule has 0 bridgehead atoms. The molecule has 0 fully saturated rings. The number of thiazole rings is 1. The summed E-state index contributed by atoms with van der Waals surface area (Å²) in [5, 5.41) is 3.19. The van der Waals surface area contributed by atoms with Gasteiger partial charge in [0.15, 0.2) is 5.13 Å². The summed E-state index contributed by atoms with van der Waals surface area (Å²) in [6.45, 7) is 1.91. The second kappa shape index (κ2) is 6.30. The van der Waals surface area contributed by atoms with Crippen LogP contribution in [0.4, 0.5) is 10.8 Å². The van der Waals surface area contributed by atoms with Crippen LogP contribution in [0.25, 0.3) is 0 Å². The molecule has 3 rings (SSSR count). The van der Waals surface area contributed by atoms with E-state index in [1.165, 1.54) is 11.3 Å². The van der Waals surface area contributed by atoms with E-state index in [0.717, 1.165) is 11.4 Å². The number of aryl methyl sites for hydroxylation is 1. The van der Waals surface area contributed by atoms with E-state index >= 15 is 0 Å². The largest absolute Gasteiger partial charge is 0.268 e. The Labute approximate surface area is 137 Å². The molecule has 1 aromatic heterocycles. The van der Waals surface area contributed by atoms with Gasteiger partial charge in [-0.1, -0.05) is 29.8 Å². The van der Waals surface area contributed by atoms with Crippen LogP contribution in [0.2, 0.25) is 5.02 Å². The third-order valence-electron chi connectivity index (χ3n) is 3.11. The fraction of sp³-hybridized carbons (Fsp3) is 0.0588. The minimum atomic E-state index is -0.128. The van der Waals surface area contributed by atoms with Gasteiger partial charge in [0, 0.05) is 16.0 Å². The van der Waals surface area contributed by atoms with Gasteiger partial charge in [0.2, 0.25) is 0 Å². The van der Waals surface area contributed by atoms with Crippen LogP contribution in [-0.4, -0.2) is 10.9 Å². The molecule has 0 aliphatic heterocycles. The highest BCUT2D eigenvalue weighted by molar-refractivity contribution is 7.14. The standard InChI is InChI=1S/C17H13ClN2OS/c1-12-11-22-17(19-12)20(15-5-3-2-4-6-15)16(21)13-7-9-14(18)10-8-13/h2-11H,1H3. The lowest BCUT2D eigenvalue weighted by Crippen LogP contribution is -2.25. The van der Waals surface area contributed by atoms with E-state index < -0.39 is 0 Å². The average molecular weight is 329 g/mol. The molecule has 1 amide bonds. The quantitative estimate of drug-likeness (QED) is 0.671.